The number of nitrogens with zero attached hydrogens (tertiary/aromatic N) is 7. The lowest BCUT2D eigenvalue weighted by molar-refractivity contribution is -0.705. The smallest absolute Gasteiger partial charge is 0.245 e. The number of aliphatic hydroxyl groups is 3. The van der Waals surface area contributed by atoms with Crippen molar-refractivity contribution in [2.24, 2.45) is 0 Å². The average Bonchev–Trinajstić information content (AvgIpc) is 3.47. The van der Waals surface area contributed by atoms with Crippen molar-refractivity contribution in [2.75, 3.05) is 19.6 Å². The van der Waals surface area contributed by atoms with Crippen LogP contribution in [0, 0.1) is 0 Å². The van der Waals surface area contributed by atoms with Crippen LogP contribution in [-0.4, -0.2) is 53.6 Å². The van der Waals surface area contributed by atoms with Crippen LogP contribution in [0.25, 0.3) is 0 Å². The molecule has 3 N–H and O–H groups in total. The predicted octanol–water partition coefficient (Wildman–Crippen LogP) is -2.49. The van der Waals surface area contributed by atoms with Crippen LogP contribution < -0.4 is 13.7 Å². The fourth-order valence-corrected chi connectivity index (χ4v) is 3.07. The minimum absolute atomic E-state index is 0.0202. The van der Waals surface area contributed by atoms with E-state index in [1.807, 2.05) is 56.2 Å². The largest absolute Gasteiger partial charge is 0.358 e. The lowest BCUT2D eigenvalue weighted by Gasteiger charge is -2.19. The Morgan fingerprint density at radius 2 is 0.893 bits per heavy atom. The molecule has 0 aliphatic carbocycles. The molecule has 3 rings (SSSR count). The maximum Gasteiger partial charge on any atom is 0.245 e. The van der Waals surface area contributed by atoms with Gasteiger partial charge in [-0.25, -0.2) is 27.4 Å². The molecule has 0 spiro atoms. The van der Waals surface area contributed by atoms with Gasteiger partial charge in [0.2, 0.25) is 19.0 Å². The van der Waals surface area contributed by atoms with Crippen molar-refractivity contribution < 1.29 is 29.0 Å². The summed E-state index contributed by atoms with van der Waals surface area (Å²) in [7, 11) is 0. The second kappa shape index (κ2) is 10.1. The molecule has 28 heavy (non-hydrogen) atoms. The molecule has 0 saturated heterocycles. The Hall–Kier alpha value is -2.53. The van der Waals surface area contributed by atoms with Crippen LogP contribution >= 0.6 is 0 Å². The predicted molar refractivity (Wildman–Crippen MR) is 97.0 cm³/mol. The molecule has 0 aromatic carbocycles. The highest BCUT2D eigenvalue weighted by molar-refractivity contribution is 4.66. The monoisotopic (exact) mass is 392 g/mol. The highest BCUT2D eigenvalue weighted by Gasteiger charge is 2.13. The molecule has 0 aliphatic rings. The van der Waals surface area contributed by atoms with E-state index in [1.54, 1.807) is 13.7 Å². The normalized spacial score (nSPS) is 11.6. The Labute approximate surface area is 164 Å². The van der Waals surface area contributed by atoms with E-state index >= 15 is 0 Å². The first-order chi connectivity index (χ1) is 13.7. The van der Waals surface area contributed by atoms with Crippen molar-refractivity contribution in [3.05, 3.63) is 56.2 Å². The molecular weight excluding hydrogens is 362 g/mol. The first kappa shape index (κ1) is 20.2. The summed E-state index contributed by atoms with van der Waals surface area (Å²) in [5.74, 6) is 0. The van der Waals surface area contributed by atoms with Gasteiger partial charge in [-0.1, -0.05) is 0 Å². The zero-order valence-electron chi connectivity index (χ0n) is 16.0. The lowest BCUT2D eigenvalue weighted by Crippen LogP contribution is -2.47. The number of aliphatic hydroxyl groups excluding tert-OH is 3. The Bertz CT molecular complexity index is 732. The molecule has 0 unspecified atom stereocenters. The van der Waals surface area contributed by atoms with Gasteiger partial charge in [-0.3, -0.25) is 4.90 Å². The number of rotatable bonds is 12. The van der Waals surface area contributed by atoms with Crippen LogP contribution in [0.2, 0.25) is 0 Å². The highest BCUT2D eigenvalue weighted by atomic mass is 16.3. The Kier molecular flexibility index (Phi) is 7.31. The molecule has 3 aromatic rings. The van der Waals surface area contributed by atoms with Crippen LogP contribution in [0.4, 0.5) is 0 Å². The summed E-state index contributed by atoms with van der Waals surface area (Å²) in [6, 6.07) is 0. The topological polar surface area (TPSA) is 90.4 Å². The van der Waals surface area contributed by atoms with E-state index in [0.29, 0.717) is 0 Å². The van der Waals surface area contributed by atoms with Gasteiger partial charge in [-0.2, -0.15) is 0 Å². The van der Waals surface area contributed by atoms with Gasteiger partial charge in [0.15, 0.2) is 20.2 Å². The molecule has 0 fully saturated rings. The van der Waals surface area contributed by atoms with Crippen LogP contribution in [0.3, 0.4) is 0 Å². The molecule has 0 saturated carbocycles. The first-order valence-electron chi connectivity index (χ1n) is 9.39. The van der Waals surface area contributed by atoms with E-state index in [2.05, 4.69) is 18.6 Å². The summed E-state index contributed by atoms with van der Waals surface area (Å²) in [4.78, 5) is 2.38. The number of imidazole rings is 3. The molecule has 10 heteroatoms. The van der Waals surface area contributed by atoms with Crippen molar-refractivity contribution in [2.45, 2.75) is 39.8 Å². The second-order valence-corrected chi connectivity index (χ2v) is 6.76. The van der Waals surface area contributed by atoms with Gasteiger partial charge in [0.05, 0.1) is 0 Å². The van der Waals surface area contributed by atoms with Crippen LogP contribution in [0.15, 0.2) is 56.2 Å². The number of hydrogen-bond donors (Lipinski definition) is 3. The number of hydrogen-bond acceptors (Lipinski definition) is 4. The molecule has 0 atom stereocenters. The van der Waals surface area contributed by atoms with E-state index in [-0.39, 0.29) is 20.2 Å². The molecule has 3 aromatic heterocycles. The minimum Gasteiger partial charge on any atom is -0.358 e. The van der Waals surface area contributed by atoms with Crippen molar-refractivity contribution in [1.29, 1.82) is 0 Å². The first-order valence-corrected chi connectivity index (χ1v) is 9.39. The molecule has 3 heterocycles. The summed E-state index contributed by atoms with van der Waals surface area (Å²) < 4.78 is 11.4. The Morgan fingerprint density at radius 1 is 0.571 bits per heavy atom. The van der Waals surface area contributed by atoms with Crippen molar-refractivity contribution in [3.63, 3.8) is 0 Å². The second-order valence-electron chi connectivity index (χ2n) is 6.76. The fraction of sp³-hybridized carbons (Fsp3) is 0.500. The van der Waals surface area contributed by atoms with Gasteiger partial charge in [0.25, 0.3) is 0 Å². The summed E-state index contributed by atoms with van der Waals surface area (Å²) in [5.41, 5.74) is 0. The summed E-state index contributed by atoms with van der Waals surface area (Å²) in [6.07, 6.45) is 17.1. The van der Waals surface area contributed by atoms with Crippen molar-refractivity contribution in [1.82, 2.24) is 18.6 Å². The van der Waals surface area contributed by atoms with Gasteiger partial charge in [-0.05, 0) is 0 Å². The zero-order valence-corrected chi connectivity index (χ0v) is 16.0. The molecular formula is C18H30N7O3+3. The highest BCUT2D eigenvalue weighted by Crippen LogP contribution is 1.92. The van der Waals surface area contributed by atoms with Crippen molar-refractivity contribution >= 4 is 0 Å². The number of aromatic nitrogens is 6. The summed E-state index contributed by atoms with van der Waals surface area (Å²) >= 11 is 0. The van der Waals surface area contributed by atoms with Crippen LogP contribution in [-0.2, 0) is 39.8 Å². The molecule has 0 aliphatic heterocycles. The van der Waals surface area contributed by atoms with E-state index in [4.69, 9.17) is 0 Å². The summed E-state index contributed by atoms with van der Waals surface area (Å²) in [5, 5.41) is 27.6. The van der Waals surface area contributed by atoms with Gasteiger partial charge in [0, 0.05) is 19.6 Å². The van der Waals surface area contributed by atoms with Gasteiger partial charge >= 0.3 is 0 Å². The minimum atomic E-state index is -0.0202. The third kappa shape index (κ3) is 5.73. The van der Waals surface area contributed by atoms with Gasteiger partial charge in [-0.15, -0.1) is 0 Å². The van der Waals surface area contributed by atoms with Crippen LogP contribution in [0.1, 0.15) is 0 Å². The van der Waals surface area contributed by atoms with E-state index in [0.717, 1.165) is 39.3 Å². The molecule has 0 radical (unpaired) electrons. The van der Waals surface area contributed by atoms with E-state index < -0.39 is 0 Å². The average molecular weight is 392 g/mol. The maximum atomic E-state index is 9.19. The van der Waals surface area contributed by atoms with Crippen molar-refractivity contribution in [3.8, 4) is 0 Å². The molecule has 10 nitrogen and oxygen atoms in total. The Morgan fingerprint density at radius 3 is 1.14 bits per heavy atom. The van der Waals surface area contributed by atoms with Gasteiger partial charge in [0.1, 0.15) is 56.8 Å². The quantitative estimate of drug-likeness (QED) is 0.298. The van der Waals surface area contributed by atoms with E-state index in [9.17, 15) is 15.3 Å². The third-order valence-electron chi connectivity index (χ3n) is 4.75. The summed E-state index contributed by atoms with van der Waals surface area (Å²) in [6.45, 7) is 5.07. The van der Waals surface area contributed by atoms with Crippen LogP contribution in [0.5, 0.6) is 0 Å². The standard InChI is InChI=1S/C18H30N7O3/c26-16-23-10-7-20(13-23)4-1-19(2-5-21-8-11-24(14-21)17-27)3-6-22-9-12-25(15-22)18-28/h7-15,26-28H,1-6,16-18H2/q+3. The maximum absolute atomic E-state index is 9.19. The molecule has 152 valence electrons. The van der Waals surface area contributed by atoms with E-state index in [1.165, 1.54) is 0 Å². The fourth-order valence-electron chi connectivity index (χ4n) is 3.07. The lowest BCUT2D eigenvalue weighted by atomic mass is 10.4. The Balaban J connectivity index is 1.56. The molecule has 0 amide bonds. The third-order valence-corrected chi connectivity index (χ3v) is 4.75. The molecule has 0 bridgehead atoms. The zero-order chi connectivity index (χ0) is 19.8. The SMILES string of the molecule is OCn1cc[n+](CCN(CC[n+]2ccn(CO)c2)CC[n+]2ccn(CO)c2)c1. The van der Waals surface area contributed by atoms with Gasteiger partial charge < -0.3 is 15.3 Å².